The molecule has 0 bridgehead atoms. The van der Waals surface area contributed by atoms with Crippen molar-refractivity contribution in [1.29, 1.82) is 0 Å². The highest BCUT2D eigenvalue weighted by molar-refractivity contribution is 5.78. The fraction of sp³-hybridized carbons (Fsp3) is 0.435. The smallest absolute Gasteiger partial charge is 0.258 e. The highest BCUT2D eigenvalue weighted by Crippen LogP contribution is 2.26. The van der Waals surface area contributed by atoms with Gasteiger partial charge in [-0.3, -0.25) is 4.79 Å². The predicted molar refractivity (Wildman–Crippen MR) is 108 cm³/mol. The van der Waals surface area contributed by atoms with Crippen LogP contribution in [0.5, 0.6) is 5.75 Å². The highest BCUT2D eigenvalue weighted by Gasteiger charge is 2.15. The molecule has 0 spiro atoms. The molecule has 1 amide bonds. The van der Waals surface area contributed by atoms with Gasteiger partial charge in [0.05, 0.1) is 6.04 Å². The third-order valence-corrected chi connectivity index (χ3v) is 4.55. The van der Waals surface area contributed by atoms with Gasteiger partial charge in [-0.15, -0.1) is 0 Å². The highest BCUT2D eigenvalue weighted by atomic mass is 16.5. The molecule has 0 aromatic heterocycles. The molecule has 0 fully saturated rings. The molecule has 2 aromatic rings. The normalized spacial score (nSPS) is 12.7. The Bertz CT molecular complexity index is 727. The van der Waals surface area contributed by atoms with E-state index in [-0.39, 0.29) is 24.0 Å². The lowest BCUT2D eigenvalue weighted by atomic mass is 9.86. The SMILES string of the molecule is CC(C)c1ccccc1OCC(=O)NC(C)c1ccc(C(C)(C)C)cc1. The summed E-state index contributed by atoms with van der Waals surface area (Å²) in [5.74, 6) is 1.02. The number of nitrogens with one attached hydrogen (secondary N) is 1. The number of ether oxygens (including phenoxy) is 1. The summed E-state index contributed by atoms with van der Waals surface area (Å²) in [5.41, 5.74) is 3.62. The van der Waals surface area contributed by atoms with Crippen molar-refractivity contribution >= 4 is 5.91 Å². The van der Waals surface area contributed by atoms with Crippen molar-refractivity contribution in [2.45, 2.75) is 58.9 Å². The molecule has 1 unspecified atom stereocenters. The summed E-state index contributed by atoms with van der Waals surface area (Å²) in [6.45, 7) is 12.8. The average molecular weight is 354 g/mol. The van der Waals surface area contributed by atoms with Crippen LogP contribution < -0.4 is 10.1 Å². The number of carbonyl (C=O) groups is 1. The predicted octanol–water partition coefficient (Wildman–Crippen LogP) is 5.36. The third-order valence-electron chi connectivity index (χ3n) is 4.55. The van der Waals surface area contributed by atoms with E-state index in [0.717, 1.165) is 16.9 Å². The Labute approximate surface area is 157 Å². The molecule has 0 radical (unpaired) electrons. The van der Waals surface area contributed by atoms with Gasteiger partial charge >= 0.3 is 0 Å². The summed E-state index contributed by atoms with van der Waals surface area (Å²) in [7, 11) is 0. The molecule has 0 aliphatic carbocycles. The molecule has 0 aliphatic rings. The fourth-order valence-electron chi connectivity index (χ4n) is 2.87. The Kier molecular flexibility index (Phi) is 6.47. The molecule has 2 rings (SSSR count). The van der Waals surface area contributed by atoms with E-state index in [9.17, 15) is 4.79 Å². The minimum Gasteiger partial charge on any atom is -0.483 e. The van der Waals surface area contributed by atoms with Crippen LogP contribution in [-0.4, -0.2) is 12.5 Å². The lowest BCUT2D eigenvalue weighted by molar-refractivity contribution is -0.123. The van der Waals surface area contributed by atoms with Crippen molar-refractivity contribution in [2.24, 2.45) is 0 Å². The first-order valence-electron chi connectivity index (χ1n) is 9.30. The van der Waals surface area contributed by atoms with Crippen molar-refractivity contribution in [2.75, 3.05) is 6.61 Å². The summed E-state index contributed by atoms with van der Waals surface area (Å²) in [6.07, 6.45) is 0. The molecule has 3 heteroatoms. The van der Waals surface area contributed by atoms with Gasteiger partial charge < -0.3 is 10.1 Å². The van der Waals surface area contributed by atoms with Crippen LogP contribution in [0.15, 0.2) is 48.5 Å². The van der Waals surface area contributed by atoms with E-state index in [2.05, 4.69) is 64.2 Å². The zero-order valence-electron chi connectivity index (χ0n) is 16.8. The van der Waals surface area contributed by atoms with Gasteiger partial charge in [0.2, 0.25) is 0 Å². The second-order valence-electron chi connectivity index (χ2n) is 8.14. The topological polar surface area (TPSA) is 38.3 Å². The van der Waals surface area contributed by atoms with Crippen LogP contribution in [0.4, 0.5) is 0 Å². The molecule has 0 aliphatic heterocycles. The second-order valence-corrected chi connectivity index (χ2v) is 8.14. The molecular formula is C23H31NO2. The number of rotatable bonds is 6. The van der Waals surface area contributed by atoms with Crippen LogP contribution >= 0.6 is 0 Å². The maximum Gasteiger partial charge on any atom is 0.258 e. The van der Waals surface area contributed by atoms with Crippen LogP contribution in [0.2, 0.25) is 0 Å². The van der Waals surface area contributed by atoms with Gasteiger partial charge in [0.1, 0.15) is 5.75 Å². The minimum absolute atomic E-state index is 0.0220. The Morgan fingerprint density at radius 2 is 1.62 bits per heavy atom. The summed E-state index contributed by atoms with van der Waals surface area (Å²) in [5, 5.41) is 3.01. The van der Waals surface area contributed by atoms with Gasteiger partial charge in [-0.05, 0) is 41.0 Å². The van der Waals surface area contributed by atoms with E-state index in [1.807, 2.05) is 31.2 Å². The van der Waals surface area contributed by atoms with Crippen LogP contribution in [-0.2, 0) is 10.2 Å². The zero-order valence-corrected chi connectivity index (χ0v) is 16.8. The van der Waals surface area contributed by atoms with Crippen LogP contribution in [0.25, 0.3) is 0 Å². The molecule has 1 atom stereocenters. The van der Waals surface area contributed by atoms with E-state index in [1.54, 1.807) is 0 Å². The monoisotopic (exact) mass is 353 g/mol. The van der Waals surface area contributed by atoms with Crippen molar-refractivity contribution < 1.29 is 9.53 Å². The first-order valence-corrected chi connectivity index (χ1v) is 9.30. The van der Waals surface area contributed by atoms with Crippen LogP contribution in [0.3, 0.4) is 0 Å². The first kappa shape index (κ1) is 20.0. The van der Waals surface area contributed by atoms with Crippen molar-refractivity contribution in [3.05, 3.63) is 65.2 Å². The number of benzene rings is 2. The van der Waals surface area contributed by atoms with E-state index < -0.39 is 0 Å². The van der Waals surface area contributed by atoms with Gasteiger partial charge in [-0.1, -0.05) is 77.1 Å². The molecule has 3 nitrogen and oxygen atoms in total. The van der Waals surface area contributed by atoms with Gasteiger partial charge in [0.15, 0.2) is 6.61 Å². The Morgan fingerprint density at radius 1 is 1.00 bits per heavy atom. The quantitative estimate of drug-likeness (QED) is 0.759. The van der Waals surface area contributed by atoms with Crippen LogP contribution in [0, 0.1) is 0 Å². The average Bonchev–Trinajstić information content (AvgIpc) is 2.59. The van der Waals surface area contributed by atoms with E-state index in [0.29, 0.717) is 5.92 Å². The molecule has 2 aromatic carbocycles. The number of hydrogen-bond acceptors (Lipinski definition) is 2. The summed E-state index contributed by atoms with van der Waals surface area (Å²) in [4.78, 5) is 12.3. The standard InChI is InChI=1S/C23H31NO2/c1-16(2)20-9-7-8-10-21(20)26-15-22(25)24-17(3)18-11-13-19(14-12-18)23(4,5)6/h7-14,16-17H,15H2,1-6H3,(H,24,25). The summed E-state index contributed by atoms with van der Waals surface area (Å²) < 4.78 is 5.75. The van der Waals surface area contributed by atoms with Crippen molar-refractivity contribution in [3.8, 4) is 5.75 Å². The molecule has 1 N–H and O–H groups in total. The lowest BCUT2D eigenvalue weighted by Gasteiger charge is -2.21. The molecular weight excluding hydrogens is 322 g/mol. The number of carbonyl (C=O) groups excluding carboxylic acids is 1. The van der Waals surface area contributed by atoms with Crippen molar-refractivity contribution in [1.82, 2.24) is 5.32 Å². The number of para-hydroxylation sites is 1. The Balaban J connectivity index is 1.93. The number of amides is 1. The maximum absolute atomic E-state index is 12.3. The van der Waals surface area contributed by atoms with Gasteiger partial charge in [-0.25, -0.2) is 0 Å². The van der Waals surface area contributed by atoms with Crippen LogP contribution in [0.1, 0.15) is 70.2 Å². The van der Waals surface area contributed by atoms with Crippen molar-refractivity contribution in [3.63, 3.8) is 0 Å². The molecule has 0 saturated carbocycles. The van der Waals surface area contributed by atoms with E-state index in [4.69, 9.17) is 4.74 Å². The lowest BCUT2D eigenvalue weighted by Crippen LogP contribution is -2.31. The van der Waals surface area contributed by atoms with Gasteiger partial charge in [-0.2, -0.15) is 0 Å². The largest absolute Gasteiger partial charge is 0.483 e. The van der Waals surface area contributed by atoms with Gasteiger partial charge in [0, 0.05) is 0 Å². The third kappa shape index (κ3) is 5.35. The number of hydrogen-bond donors (Lipinski definition) is 1. The minimum atomic E-state index is -0.115. The first-order chi connectivity index (χ1) is 12.2. The molecule has 0 saturated heterocycles. The summed E-state index contributed by atoms with van der Waals surface area (Å²) in [6, 6.07) is 16.3. The van der Waals surface area contributed by atoms with E-state index in [1.165, 1.54) is 5.56 Å². The second kappa shape index (κ2) is 8.39. The van der Waals surface area contributed by atoms with E-state index >= 15 is 0 Å². The Morgan fingerprint density at radius 3 is 2.19 bits per heavy atom. The molecule has 140 valence electrons. The zero-order chi connectivity index (χ0) is 19.3. The molecule has 26 heavy (non-hydrogen) atoms. The molecule has 0 heterocycles. The Hall–Kier alpha value is -2.29. The van der Waals surface area contributed by atoms with Gasteiger partial charge in [0.25, 0.3) is 5.91 Å². The summed E-state index contributed by atoms with van der Waals surface area (Å²) >= 11 is 0. The fourth-order valence-corrected chi connectivity index (χ4v) is 2.87. The maximum atomic E-state index is 12.3.